The van der Waals surface area contributed by atoms with Gasteiger partial charge in [0.25, 0.3) is 0 Å². The zero-order valence-corrected chi connectivity index (χ0v) is 19.3. The molecule has 0 spiro atoms. The van der Waals surface area contributed by atoms with E-state index in [9.17, 15) is 0 Å². The molecule has 0 heterocycles. The second-order valence-electron chi connectivity index (χ2n) is 7.39. The highest BCUT2D eigenvalue weighted by Gasteiger charge is 2.37. The molecule has 0 saturated carbocycles. The summed E-state index contributed by atoms with van der Waals surface area (Å²) < 4.78 is 17.0. The van der Waals surface area contributed by atoms with Crippen LogP contribution in [0.4, 0.5) is 0 Å². The predicted octanol–water partition coefficient (Wildman–Crippen LogP) is 5.29. The summed E-state index contributed by atoms with van der Waals surface area (Å²) in [5, 5.41) is 1.19. The van der Waals surface area contributed by atoms with Crippen molar-refractivity contribution in [2.24, 2.45) is 0 Å². The second-order valence-corrected chi connectivity index (χ2v) is 13.7. The Bertz CT molecular complexity index is 882. The predicted molar refractivity (Wildman–Crippen MR) is 122 cm³/mol. The van der Waals surface area contributed by atoms with Crippen LogP contribution in [-0.2, 0) is 10.3 Å². The Morgan fingerprint density at radius 1 is 0.621 bits per heavy atom. The summed E-state index contributed by atoms with van der Waals surface area (Å²) in [5.41, 5.74) is 2.30. The summed E-state index contributed by atoms with van der Waals surface area (Å²) in [6.45, 7) is 4.25. The molecule has 29 heavy (non-hydrogen) atoms. The molecule has 0 saturated heterocycles. The fourth-order valence-corrected chi connectivity index (χ4v) is 4.94. The summed E-state index contributed by atoms with van der Waals surface area (Å²) in [6.07, 6.45) is 0. The van der Waals surface area contributed by atoms with Gasteiger partial charge in [-0.2, -0.15) is 11.1 Å². The van der Waals surface area contributed by atoms with E-state index in [1.165, 1.54) is 5.19 Å². The van der Waals surface area contributed by atoms with E-state index in [1.807, 2.05) is 48.5 Å². The van der Waals surface area contributed by atoms with Gasteiger partial charge in [0, 0.05) is 7.11 Å². The van der Waals surface area contributed by atoms with E-state index in [1.54, 1.807) is 21.3 Å². The number of rotatable bonds is 7. The summed E-state index contributed by atoms with van der Waals surface area (Å²) >= 11 is 6.64. The lowest BCUT2D eigenvalue weighted by Crippen LogP contribution is -2.36. The molecule has 3 aromatic rings. The van der Waals surface area contributed by atoms with Crippen molar-refractivity contribution in [3.63, 3.8) is 0 Å². The number of hydrogen-bond acceptors (Lipinski definition) is 3. The Hall–Kier alpha value is -2.27. The molecule has 0 bridgehead atoms. The van der Waals surface area contributed by atoms with E-state index in [0.717, 1.165) is 28.2 Å². The van der Waals surface area contributed by atoms with Crippen LogP contribution in [0.2, 0.25) is 13.1 Å². The number of hydrogen-bond donors (Lipinski definition) is 0. The quantitative estimate of drug-likeness (QED) is 0.292. The molecule has 0 amide bonds. The van der Waals surface area contributed by atoms with Crippen molar-refractivity contribution in [3.05, 3.63) is 89.5 Å². The number of halogens is 1. The zero-order valence-electron chi connectivity index (χ0n) is 17.5. The van der Waals surface area contributed by atoms with Crippen LogP contribution in [0.25, 0.3) is 0 Å². The highest BCUT2D eigenvalue weighted by atomic mass is 35.6. The zero-order chi connectivity index (χ0) is 21.1. The van der Waals surface area contributed by atoms with Crippen molar-refractivity contribution >= 4 is 23.6 Å². The van der Waals surface area contributed by atoms with Crippen LogP contribution in [0.1, 0.15) is 16.7 Å². The van der Waals surface area contributed by atoms with Crippen LogP contribution >= 0.6 is 11.1 Å². The molecule has 0 N–H and O–H groups in total. The minimum Gasteiger partial charge on any atom is -0.497 e. The Balaban J connectivity index is 2.20. The normalized spacial score (nSPS) is 11.9. The van der Waals surface area contributed by atoms with Crippen molar-refractivity contribution in [1.29, 1.82) is 0 Å². The first kappa shape index (κ1) is 21.4. The smallest absolute Gasteiger partial charge is 0.180 e. The monoisotopic (exact) mass is 426 g/mol. The molecule has 3 aromatic carbocycles. The molecule has 5 heteroatoms. The minimum absolute atomic E-state index is 0.769. The van der Waals surface area contributed by atoms with Crippen molar-refractivity contribution in [3.8, 4) is 11.5 Å². The standard InChI is InChI=1S/C24H27ClO3Si/c1-26-21-12-6-18(7-13-21)24(28-3,19-8-14-22(27-2)15-9-19)20-10-16-23(17-11-20)29(4,5)25/h6-17H,1-5H3. The third kappa shape index (κ3) is 4.20. The van der Waals surface area contributed by atoms with Gasteiger partial charge in [0.1, 0.15) is 17.1 Å². The van der Waals surface area contributed by atoms with E-state index in [-0.39, 0.29) is 0 Å². The van der Waals surface area contributed by atoms with Gasteiger partial charge in [-0.25, -0.2) is 0 Å². The summed E-state index contributed by atoms with van der Waals surface area (Å²) in [5.74, 6) is 1.61. The molecule has 3 nitrogen and oxygen atoms in total. The van der Waals surface area contributed by atoms with Gasteiger partial charge in [0.2, 0.25) is 0 Å². The first-order chi connectivity index (χ1) is 13.8. The van der Waals surface area contributed by atoms with Gasteiger partial charge in [-0.05, 0) is 46.1 Å². The van der Waals surface area contributed by atoms with E-state index in [0.29, 0.717) is 0 Å². The molecule has 0 atom stereocenters. The Morgan fingerprint density at radius 3 is 1.24 bits per heavy atom. The third-order valence-corrected chi connectivity index (χ3v) is 7.64. The van der Waals surface area contributed by atoms with Gasteiger partial charge in [0.15, 0.2) is 7.38 Å². The average Bonchev–Trinajstić information content (AvgIpc) is 2.75. The Morgan fingerprint density at radius 2 is 0.966 bits per heavy atom. The van der Waals surface area contributed by atoms with Crippen LogP contribution in [-0.4, -0.2) is 28.7 Å². The van der Waals surface area contributed by atoms with Crippen molar-refractivity contribution < 1.29 is 14.2 Å². The van der Waals surface area contributed by atoms with E-state index in [4.69, 9.17) is 25.3 Å². The molecule has 0 unspecified atom stereocenters. The molecule has 152 valence electrons. The third-order valence-electron chi connectivity index (χ3n) is 5.28. The molecule has 3 rings (SSSR count). The summed E-state index contributed by atoms with van der Waals surface area (Å²) in [6, 6.07) is 24.5. The fourth-order valence-electron chi connectivity index (χ4n) is 3.61. The summed E-state index contributed by atoms with van der Waals surface area (Å²) in [7, 11) is 3.16. The van der Waals surface area contributed by atoms with E-state index in [2.05, 4.69) is 37.4 Å². The molecular formula is C24H27ClO3Si. The maximum atomic E-state index is 6.64. The van der Waals surface area contributed by atoms with Crippen LogP contribution in [0, 0.1) is 0 Å². The van der Waals surface area contributed by atoms with Gasteiger partial charge < -0.3 is 14.2 Å². The lowest BCUT2D eigenvalue weighted by Gasteiger charge is -2.35. The highest BCUT2D eigenvalue weighted by Crippen LogP contribution is 2.41. The van der Waals surface area contributed by atoms with Gasteiger partial charge in [-0.15, -0.1) is 0 Å². The Kier molecular flexibility index (Phi) is 6.37. The first-order valence-electron chi connectivity index (χ1n) is 9.49. The second kappa shape index (κ2) is 8.62. The molecule has 0 radical (unpaired) electrons. The number of benzene rings is 3. The maximum absolute atomic E-state index is 6.64. The van der Waals surface area contributed by atoms with Crippen molar-refractivity contribution in [2.45, 2.75) is 18.7 Å². The molecule has 0 aliphatic rings. The van der Waals surface area contributed by atoms with Gasteiger partial charge in [-0.3, -0.25) is 0 Å². The van der Waals surface area contributed by atoms with Crippen molar-refractivity contribution in [2.75, 3.05) is 21.3 Å². The summed E-state index contributed by atoms with van der Waals surface area (Å²) in [4.78, 5) is 0. The minimum atomic E-state index is -1.91. The van der Waals surface area contributed by atoms with E-state index < -0.39 is 13.0 Å². The maximum Gasteiger partial charge on any atom is 0.180 e. The largest absolute Gasteiger partial charge is 0.497 e. The molecule has 0 aliphatic heterocycles. The van der Waals surface area contributed by atoms with Crippen molar-refractivity contribution in [1.82, 2.24) is 0 Å². The van der Waals surface area contributed by atoms with Crippen LogP contribution in [0.3, 0.4) is 0 Å². The van der Waals surface area contributed by atoms with Gasteiger partial charge in [-0.1, -0.05) is 61.6 Å². The molecular weight excluding hydrogens is 400 g/mol. The van der Waals surface area contributed by atoms with Gasteiger partial charge in [0.05, 0.1) is 14.2 Å². The lowest BCUT2D eigenvalue weighted by molar-refractivity contribution is 0.0584. The molecule has 0 aliphatic carbocycles. The van der Waals surface area contributed by atoms with Gasteiger partial charge >= 0.3 is 0 Å². The average molecular weight is 427 g/mol. The van der Waals surface area contributed by atoms with E-state index >= 15 is 0 Å². The topological polar surface area (TPSA) is 27.7 Å². The highest BCUT2D eigenvalue weighted by molar-refractivity contribution is 7.26. The van der Waals surface area contributed by atoms with Crippen LogP contribution in [0.5, 0.6) is 11.5 Å². The fraction of sp³-hybridized carbons (Fsp3) is 0.250. The number of ether oxygens (including phenoxy) is 3. The van der Waals surface area contributed by atoms with Crippen LogP contribution in [0.15, 0.2) is 72.8 Å². The molecule has 0 aromatic heterocycles. The molecule has 0 fully saturated rings. The Labute approximate surface area is 178 Å². The lowest BCUT2D eigenvalue weighted by atomic mass is 9.80. The van der Waals surface area contributed by atoms with Crippen LogP contribution < -0.4 is 14.7 Å². The SMILES string of the molecule is COc1ccc(C(OC)(c2ccc(OC)cc2)c2ccc([Si](C)(C)Cl)cc2)cc1. The number of methoxy groups -OCH3 is 3. The first-order valence-corrected chi connectivity index (χ1v) is 13.5.